The van der Waals surface area contributed by atoms with E-state index in [4.69, 9.17) is 0 Å². The van der Waals surface area contributed by atoms with Crippen molar-refractivity contribution < 1.29 is 9.90 Å². The Labute approximate surface area is 105 Å². The number of carbonyl (C=O) groups excluding carboxylic acids is 1. The van der Waals surface area contributed by atoms with Gasteiger partial charge >= 0.3 is 0 Å². The topological polar surface area (TPSA) is 37.3 Å². The quantitative estimate of drug-likeness (QED) is 0.705. The van der Waals surface area contributed by atoms with Gasteiger partial charge in [0.2, 0.25) is 0 Å². The van der Waals surface area contributed by atoms with E-state index in [1.54, 1.807) is 6.92 Å². The molecule has 98 valence electrons. The van der Waals surface area contributed by atoms with Crippen molar-refractivity contribution in [2.45, 2.75) is 83.2 Å². The van der Waals surface area contributed by atoms with E-state index in [1.165, 1.54) is 44.9 Å². The smallest absolute Gasteiger partial charge is 0.126 e. The Balaban J connectivity index is 2.56. The van der Waals surface area contributed by atoms with Crippen molar-refractivity contribution in [1.29, 1.82) is 0 Å². The third kappa shape index (κ3) is 5.06. The minimum atomic E-state index is -0.874. The fourth-order valence-corrected chi connectivity index (χ4v) is 2.67. The van der Waals surface area contributed by atoms with Crippen molar-refractivity contribution >= 4 is 5.94 Å². The van der Waals surface area contributed by atoms with Crippen LogP contribution in [0.4, 0.5) is 0 Å². The summed E-state index contributed by atoms with van der Waals surface area (Å²) in [6, 6.07) is 0. The molecule has 0 spiro atoms. The largest absolute Gasteiger partial charge is 0.385 e. The van der Waals surface area contributed by atoms with Gasteiger partial charge in [-0.25, -0.2) is 4.79 Å². The van der Waals surface area contributed by atoms with Crippen LogP contribution in [0.15, 0.2) is 5.57 Å². The monoisotopic (exact) mass is 238 g/mol. The SMILES string of the molecule is CC(=C=O)C1(O)CCCCCCCCCCC1. The molecule has 0 bridgehead atoms. The highest BCUT2D eigenvalue weighted by Gasteiger charge is 2.28. The Kier molecular flexibility index (Phi) is 6.54. The van der Waals surface area contributed by atoms with E-state index in [9.17, 15) is 9.90 Å². The lowest BCUT2D eigenvalue weighted by Crippen LogP contribution is -2.30. The van der Waals surface area contributed by atoms with Crippen LogP contribution in [0.25, 0.3) is 0 Å². The molecular weight excluding hydrogens is 212 g/mol. The summed E-state index contributed by atoms with van der Waals surface area (Å²) >= 11 is 0. The summed E-state index contributed by atoms with van der Waals surface area (Å²) in [5.41, 5.74) is -0.379. The molecule has 1 aliphatic rings. The standard InChI is InChI=1S/C15H26O2/c1-14(13-16)15(17)11-9-7-5-3-2-4-6-8-10-12-15/h17H,2-12H2,1H3. The van der Waals surface area contributed by atoms with Crippen molar-refractivity contribution in [3.05, 3.63) is 5.57 Å². The molecule has 0 aromatic carbocycles. The lowest BCUT2D eigenvalue weighted by atomic mass is 9.84. The van der Waals surface area contributed by atoms with Gasteiger partial charge in [-0.3, -0.25) is 0 Å². The fraction of sp³-hybridized carbons (Fsp3) is 0.867. The second-order valence-corrected chi connectivity index (χ2v) is 5.44. The van der Waals surface area contributed by atoms with Gasteiger partial charge in [-0.15, -0.1) is 0 Å². The van der Waals surface area contributed by atoms with Crippen molar-refractivity contribution in [2.75, 3.05) is 0 Å². The van der Waals surface area contributed by atoms with Crippen LogP contribution in [0.2, 0.25) is 0 Å². The van der Waals surface area contributed by atoms with E-state index in [-0.39, 0.29) is 0 Å². The molecule has 2 nitrogen and oxygen atoms in total. The zero-order chi connectivity index (χ0) is 12.6. The molecule has 0 saturated heterocycles. The van der Waals surface area contributed by atoms with Crippen LogP contribution in [-0.2, 0) is 4.79 Å². The van der Waals surface area contributed by atoms with Gasteiger partial charge in [-0.1, -0.05) is 57.8 Å². The van der Waals surface area contributed by atoms with Crippen LogP contribution in [-0.4, -0.2) is 16.6 Å². The molecule has 0 heterocycles. The van der Waals surface area contributed by atoms with Crippen LogP contribution in [0.5, 0.6) is 0 Å². The molecule has 0 aromatic heterocycles. The summed E-state index contributed by atoms with van der Waals surface area (Å²) in [5.74, 6) is 1.90. The number of hydrogen-bond acceptors (Lipinski definition) is 2. The summed E-state index contributed by atoms with van der Waals surface area (Å²) in [7, 11) is 0. The Hall–Kier alpha value is -0.590. The van der Waals surface area contributed by atoms with Gasteiger partial charge in [-0.2, -0.15) is 0 Å². The third-order valence-electron chi connectivity index (χ3n) is 4.03. The van der Waals surface area contributed by atoms with Crippen molar-refractivity contribution in [3.8, 4) is 0 Å². The summed E-state index contributed by atoms with van der Waals surface area (Å²) in [4.78, 5) is 10.8. The Morgan fingerprint density at radius 1 is 0.882 bits per heavy atom. The molecule has 1 saturated carbocycles. The summed E-state index contributed by atoms with van der Waals surface area (Å²) in [6.45, 7) is 1.72. The summed E-state index contributed by atoms with van der Waals surface area (Å²) in [5, 5.41) is 10.5. The van der Waals surface area contributed by atoms with Crippen LogP contribution < -0.4 is 0 Å². The lowest BCUT2D eigenvalue weighted by Gasteiger charge is -2.27. The highest BCUT2D eigenvalue weighted by molar-refractivity contribution is 5.54. The van der Waals surface area contributed by atoms with E-state index in [2.05, 4.69) is 0 Å². The van der Waals surface area contributed by atoms with Gasteiger partial charge in [0.25, 0.3) is 0 Å². The Morgan fingerprint density at radius 2 is 1.24 bits per heavy atom. The molecule has 2 heteroatoms. The lowest BCUT2D eigenvalue weighted by molar-refractivity contribution is 0.0552. The first-order chi connectivity index (χ1) is 8.19. The van der Waals surface area contributed by atoms with Gasteiger partial charge in [0.15, 0.2) is 0 Å². The van der Waals surface area contributed by atoms with E-state index in [0.29, 0.717) is 5.57 Å². The maximum atomic E-state index is 10.8. The van der Waals surface area contributed by atoms with Crippen molar-refractivity contribution in [2.24, 2.45) is 0 Å². The molecule has 1 aliphatic carbocycles. The van der Waals surface area contributed by atoms with Gasteiger partial charge in [0, 0.05) is 5.57 Å². The second kappa shape index (κ2) is 7.68. The maximum absolute atomic E-state index is 10.8. The number of aliphatic hydroxyl groups is 1. The normalized spacial score (nSPS) is 22.9. The zero-order valence-corrected chi connectivity index (χ0v) is 11.1. The average Bonchev–Trinajstić information content (AvgIpc) is 2.32. The fourth-order valence-electron chi connectivity index (χ4n) is 2.67. The molecule has 1 fully saturated rings. The highest BCUT2D eigenvalue weighted by Crippen LogP contribution is 2.29. The molecule has 0 aliphatic heterocycles. The average molecular weight is 238 g/mol. The van der Waals surface area contributed by atoms with E-state index in [1.807, 2.05) is 5.94 Å². The Bertz CT molecular complexity index is 252. The van der Waals surface area contributed by atoms with E-state index < -0.39 is 5.60 Å². The maximum Gasteiger partial charge on any atom is 0.126 e. The van der Waals surface area contributed by atoms with Crippen molar-refractivity contribution in [3.63, 3.8) is 0 Å². The molecule has 0 amide bonds. The molecule has 0 atom stereocenters. The molecule has 1 rings (SSSR count). The van der Waals surface area contributed by atoms with Crippen LogP contribution in [0.1, 0.15) is 77.6 Å². The minimum Gasteiger partial charge on any atom is -0.385 e. The van der Waals surface area contributed by atoms with Crippen LogP contribution in [0, 0.1) is 0 Å². The number of rotatable bonds is 1. The third-order valence-corrected chi connectivity index (χ3v) is 4.03. The molecule has 0 aromatic rings. The first-order valence-electron chi connectivity index (χ1n) is 7.13. The predicted molar refractivity (Wildman–Crippen MR) is 70.6 cm³/mol. The summed E-state index contributed by atoms with van der Waals surface area (Å²) < 4.78 is 0. The predicted octanol–water partition coefficient (Wildman–Crippen LogP) is 3.80. The first kappa shape index (κ1) is 14.5. The van der Waals surface area contributed by atoms with E-state index in [0.717, 1.165) is 25.7 Å². The van der Waals surface area contributed by atoms with Gasteiger partial charge in [0.1, 0.15) is 5.94 Å². The second-order valence-electron chi connectivity index (χ2n) is 5.44. The minimum absolute atomic E-state index is 0.495. The Morgan fingerprint density at radius 3 is 1.59 bits per heavy atom. The van der Waals surface area contributed by atoms with Crippen LogP contribution in [0.3, 0.4) is 0 Å². The molecule has 1 N–H and O–H groups in total. The molecule has 0 radical (unpaired) electrons. The molecular formula is C15H26O2. The molecule has 0 unspecified atom stereocenters. The highest BCUT2D eigenvalue weighted by atomic mass is 16.3. The van der Waals surface area contributed by atoms with Gasteiger partial charge in [-0.05, 0) is 19.8 Å². The summed E-state index contributed by atoms with van der Waals surface area (Å²) in [6.07, 6.45) is 12.4. The molecule has 17 heavy (non-hydrogen) atoms. The zero-order valence-electron chi connectivity index (χ0n) is 11.1. The van der Waals surface area contributed by atoms with Crippen LogP contribution >= 0.6 is 0 Å². The first-order valence-corrected chi connectivity index (χ1v) is 7.13. The van der Waals surface area contributed by atoms with Gasteiger partial charge in [0.05, 0.1) is 5.60 Å². The van der Waals surface area contributed by atoms with Gasteiger partial charge < -0.3 is 5.11 Å². The van der Waals surface area contributed by atoms with E-state index >= 15 is 0 Å². The van der Waals surface area contributed by atoms with Crippen molar-refractivity contribution in [1.82, 2.24) is 0 Å². The number of hydrogen-bond donors (Lipinski definition) is 1.